The highest BCUT2D eigenvalue weighted by Crippen LogP contribution is 2.29. The number of aromatic nitrogens is 2. The van der Waals surface area contributed by atoms with E-state index in [1.54, 1.807) is 0 Å². The molecule has 2 heterocycles. The predicted molar refractivity (Wildman–Crippen MR) is 203 cm³/mol. The second-order valence-corrected chi connectivity index (χ2v) is 7.56. The molecule has 0 amide bonds. The summed E-state index contributed by atoms with van der Waals surface area (Å²) in [4.78, 5) is 0. The van der Waals surface area contributed by atoms with E-state index in [2.05, 4.69) is 120 Å². The zero-order chi connectivity index (χ0) is 32.5. The Hall–Kier alpha value is -3.66. The van der Waals surface area contributed by atoms with Gasteiger partial charge in [-0.25, -0.2) is 0 Å². The van der Waals surface area contributed by atoms with Gasteiger partial charge in [-0.15, -0.1) is 0 Å². The van der Waals surface area contributed by atoms with Gasteiger partial charge in [0.05, 0.1) is 0 Å². The average Bonchev–Trinajstić information content (AvgIpc) is 3.63. The maximum atomic E-state index is 2.37. The Morgan fingerprint density at radius 2 is 0.477 bits per heavy atom. The Kier molecular flexibility index (Phi) is 31.6. The minimum atomic E-state index is 0. The zero-order valence-corrected chi connectivity index (χ0v) is 30.4. The molecule has 0 aliphatic heterocycles. The maximum Gasteiger partial charge on any atom is 0.0491 e. The van der Waals surface area contributed by atoms with Crippen molar-refractivity contribution in [2.24, 2.45) is 0 Å². The number of hydrogen-bond acceptors (Lipinski definition) is 0. The van der Waals surface area contributed by atoms with E-state index in [9.17, 15) is 0 Å². The smallest absolute Gasteiger partial charge is 0.0491 e. The fraction of sp³-hybridized carbons (Fsp3) is 0.400. The van der Waals surface area contributed by atoms with Crippen LogP contribution in [0.25, 0.3) is 43.6 Å². The lowest BCUT2D eigenvalue weighted by Gasteiger charge is -2.01. The molecule has 0 N–H and O–H groups in total. The van der Waals surface area contributed by atoms with Gasteiger partial charge in [-0.1, -0.05) is 156 Å². The van der Waals surface area contributed by atoms with Crippen molar-refractivity contribution < 1.29 is 9.41 Å². The van der Waals surface area contributed by atoms with E-state index in [0.29, 0.717) is 0 Å². The Labute approximate surface area is 268 Å². The molecule has 0 saturated heterocycles. The third-order valence-corrected chi connectivity index (χ3v) is 5.99. The summed E-state index contributed by atoms with van der Waals surface area (Å²) >= 11 is 0. The summed E-state index contributed by atoms with van der Waals surface area (Å²) in [6.07, 6.45) is 0. The number of nitrogens with zero attached hydrogens (tertiary/aromatic N) is 2. The first kappa shape index (κ1) is 47.3. The molecular formula is C40H64F2N2. The van der Waals surface area contributed by atoms with E-state index in [0.717, 1.165) is 13.1 Å². The van der Waals surface area contributed by atoms with Crippen LogP contribution in [0.2, 0.25) is 0 Å². The molecule has 44 heavy (non-hydrogen) atoms. The number of fused-ring (bicyclic) bond motifs is 6. The van der Waals surface area contributed by atoms with E-state index in [-0.39, 0.29) is 9.41 Å². The second-order valence-electron chi connectivity index (χ2n) is 7.56. The van der Waals surface area contributed by atoms with Crippen LogP contribution in [0.5, 0.6) is 0 Å². The van der Waals surface area contributed by atoms with E-state index in [1.807, 2.05) is 83.1 Å². The summed E-state index contributed by atoms with van der Waals surface area (Å²) in [5, 5.41) is 5.43. The predicted octanol–water partition coefficient (Wildman–Crippen LogP) is 14.1. The molecular weight excluding hydrogens is 546 g/mol. The fourth-order valence-corrected chi connectivity index (χ4v) is 4.69. The van der Waals surface area contributed by atoms with Crippen LogP contribution in [-0.4, -0.2) is 9.13 Å². The van der Waals surface area contributed by atoms with Gasteiger partial charge in [-0.2, -0.15) is 0 Å². The van der Waals surface area contributed by atoms with Gasteiger partial charge in [0.25, 0.3) is 0 Å². The molecule has 0 aliphatic carbocycles. The first-order valence-electron chi connectivity index (χ1n) is 16.8. The van der Waals surface area contributed by atoms with Crippen molar-refractivity contribution in [3.8, 4) is 0 Å². The summed E-state index contributed by atoms with van der Waals surface area (Å²) in [5.41, 5.74) is 5.34. The number of para-hydroxylation sites is 4. The van der Waals surface area contributed by atoms with Gasteiger partial charge < -0.3 is 9.13 Å². The van der Waals surface area contributed by atoms with Crippen LogP contribution in [0, 0.1) is 0 Å². The van der Waals surface area contributed by atoms with Crippen LogP contribution >= 0.6 is 0 Å². The van der Waals surface area contributed by atoms with Gasteiger partial charge in [-0.05, 0) is 38.1 Å². The highest BCUT2D eigenvalue weighted by molar-refractivity contribution is 6.08. The fourth-order valence-electron chi connectivity index (χ4n) is 4.69. The Bertz CT molecular complexity index is 1260. The highest BCUT2D eigenvalue weighted by atomic mass is 19.0. The molecule has 2 nitrogen and oxygen atoms in total. The number of benzene rings is 4. The summed E-state index contributed by atoms with van der Waals surface area (Å²) in [6.45, 7) is 30.4. The Balaban J connectivity index is -0.000000263. The minimum Gasteiger partial charge on any atom is -0.341 e. The monoisotopic (exact) mass is 611 g/mol. The standard InChI is InChI=1S/2C14H13N.6C2H6.2FH/c2*1-2-15-13-9-5-3-7-11(13)12-8-4-6-10-14(12)15;6*1-2;;/h2*3-10H,2H2,1H3;6*1-2H3;2*1H. The molecule has 0 bridgehead atoms. The van der Waals surface area contributed by atoms with Gasteiger partial charge in [0.15, 0.2) is 0 Å². The second kappa shape index (κ2) is 29.4. The van der Waals surface area contributed by atoms with Crippen molar-refractivity contribution in [2.45, 2.75) is 110 Å². The molecule has 4 heteroatoms. The van der Waals surface area contributed by atoms with Crippen molar-refractivity contribution in [3.63, 3.8) is 0 Å². The lowest BCUT2D eigenvalue weighted by Crippen LogP contribution is -1.91. The topological polar surface area (TPSA) is 9.86 Å². The van der Waals surface area contributed by atoms with E-state index < -0.39 is 0 Å². The van der Waals surface area contributed by atoms with Gasteiger partial charge in [0.1, 0.15) is 0 Å². The van der Waals surface area contributed by atoms with E-state index >= 15 is 0 Å². The van der Waals surface area contributed by atoms with Gasteiger partial charge in [0.2, 0.25) is 0 Å². The third-order valence-electron chi connectivity index (χ3n) is 5.99. The summed E-state index contributed by atoms with van der Waals surface area (Å²) < 4.78 is 4.73. The molecule has 0 aliphatic rings. The lowest BCUT2D eigenvalue weighted by atomic mass is 10.2. The maximum absolute atomic E-state index is 2.37. The van der Waals surface area contributed by atoms with Crippen molar-refractivity contribution in [2.75, 3.05) is 0 Å². The van der Waals surface area contributed by atoms with Crippen molar-refractivity contribution in [1.29, 1.82) is 0 Å². The van der Waals surface area contributed by atoms with Crippen LogP contribution in [0.1, 0.15) is 96.9 Å². The SMILES string of the molecule is CC.CC.CC.CC.CC.CC.CCn1c2ccccc2c2ccccc21.CCn1c2ccccc2c2ccccc21.F.F. The molecule has 2 aromatic heterocycles. The molecule has 248 valence electrons. The van der Waals surface area contributed by atoms with Crippen LogP contribution in [0.3, 0.4) is 0 Å². The normalized spacial score (nSPS) is 8.50. The van der Waals surface area contributed by atoms with Crippen LogP contribution in [0.4, 0.5) is 9.41 Å². The molecule has 4 aromatic carbocycles. The molecule has 0 unspecified atom stereocenters. The Morgan fingerprint density at radius 3 is 0.636 bits per heavy atom. The van der Waals surface area contributed by atoms with Gasteiger partial charge in [-0.3, -0.25) is 9.41 Å². The highest BCUT2D eigenvalue weighted by Gasteiger charge is 2.08. The lowest BCUT2D eigenvalue weighted by molar-refractivity contribution is 0.827. The third kappa shape index (κ3) is 11.4. The van der Waals surface area contributed by atoms with Crippen molar-refractivity contribution in [3.05, 3.63) is 97.1 Å². The summed E-state index contributed by atoms with van der Waals surface area (Å²) in [5.74, 6) is 0. The van der Waals surface area contributed by atoms with Crippen LogP contribution in [0.15, 0.2) is 97.1 Å². The molecule has 0 radical (unpaired) electrons. The van der Waals surface area contributed by atoms with Crippen LogP contribution < -0.4 is 0 Å². The van der Waals surface area contributed by atoms with Crippen molar-refractivity contribution >= 4 is 43.6 Å². The number of rotatable bonds is 2. The molecule has 0 fully saturated rings. The first-order valence-corrected chi connectivity index (χ1v) is 16.8. The van der Waals surface area contributed by atoms with Crippen LogP contribution in [-0.2, 0) is 13.1 Å². The number of halogens is 2. The molecule has 0 saturated carbocycles. The first-order chi connectivity index (χ1) is 20.8. The number of hydrogen-bond donors (Lipinski definition) is 0. The molecule has 6 aromatic rings. The Morgan fingerprint density at radius 1 is 0.318 bits per heavy atom. The largest absolute Gasteiger partial charge is 0.341 e. The number of aryl methyl sites for hydroxylation is 2. The zero-order valence-electron chi connectivity index (χ0n) is 30.4. The molecule has 0 spiro atoms. The summed E-state index contributed by atoms with van der Waals surface area (Å²) in [6, 6.07) is 34.4. The minimum absolute atomic E-state index is 0. The van der Waals surface area contributed by atoms with E-state index in [4.69, 9.17) is 0 Å². The molecule has 0 atom stereocenters. The van der Waals surface area contributed by atoms with Crippen molar-refractivity contribution in [1.82, 2.24) is 9.13 Å². The van der Waals surface area contributed by atoms with E-state index in [1.165, 1.54) is 43.6 Å². The molecule has 6 rings (SSSR count). The van der Waals surface area contributed by atoms with Gasteiger partial charge in [0, 0.05) is 56.7 Å². The summed E-state index contributed by atoms with van der Waals surface area (Å²) in [7, 11) is 0. The average molecular weight is 611 g/mol. The quantitative estimate of drug-likeness (QED) is 0.185. The van der Waals surface area contributed by atoms with Gasteiger partial charge >= 0.3 is 0 Å².